The molecule has 0 fully saturated rings. The average Bonchev–Trinajstić information content (AvgIpc) is 1.98. The number of hydrogen-bond donors (Lipinski definition) is 0. The minimum Gasteiger partial charge on any atom is -0.370 e. The largest absolute Gasteiger partial charge is 0.514 e. The van der Waals surface area contributed by atoms with Gasteiger partial charge in [-0.05, 0) is 41.5 Å². The predicted molar refractivity (Wildman–Crippen MR) is 68.1 cm³/mol. The summed E-state index contributed by atoms with van der Waals surface area (Å²) in [6.07, 6.45) is 5.55. The SMILES string of the molecule is C#CC[Si](OC(C)C)(OC(C)C)OC(C)C. The van der Waals surface area contributed by atoms with E-state index in [1.54, 1.807) is 0 Å². The van der Waals surface area contributed by atoms with Crippen LogP contribution in [0.2, 0.25) is 6.04 Å². The molecule has 3 nitrogen and oxygen atoms in total. The van der Waals surface area contributed by atoms with Gasteiger partial charge >= 0.3 is 8.80 Å². The van der Waals surface area contributed by atoms with Crippen molar-refractivity contribution in [2.45, 2.75) is 65.9 Å². The highest BCUT2D eigenvalue weighted by Crippen LogP contribution is 2.21. The summed E-state index contributed by atoms with van der Waals surface area (Å²) in [6.45, 7) is 11.8. The van der Waals surface area contributed by atoms with E-state index in [9.17, 15) is 0 Å². The molecule has 0 bridgehead atoms. The van der Waals surface area contributed by atoms with Crippen LogP contribution in [-0.2, 0) is 13.3 Å². The molecule has 0 saturated carbocycles. The van der Waals surface area contributed by atoms with E-state index in [4.69, 9.17) is 19.7 Å². The molecule has 0 spiro atoms. The highest BCUT2D eigenvalue weighted by molar-refractivity contribution is 6.61. The molecule has 0 heterocycles. The van der Waals surface area contributed by atoms with Gasteiger partial charge in [-0.15, -0.1) is 12.3 Å². The second-order valence-electron chi connectivity index (χ2n) is 4.56. The van der Waals surface area contributed by atoms with E-state index in [1.807, 2.05) is 41.5 Å². The molecule has 0 aliphatic rings. The Bertz CT molecular complexity index is 204. The molecular formula is C12H24O3Si. The molecule has 0 unspecified atom stereocenters. The van der Waals surface area contributed by atoms with Crippen molar-refractivity contribution in [3.63, 3.8) is 0 Å². The van der Waals surface area contributed by atoms with Gasteiger partial charge in [0.25, 0.3) is 0 Å². The molecule has 0 aliphatic carbocycles. The van der Waals surface area contributed by atoms with Crippen molar-refractivity contribution in [2.75, 3.05) is 0 Å². The molecule has 0 atom stereocenters. The van der Waals surface area contributed by atoms with Crippen molar-refractivity contribution in [1.29, 1.82) is 0 Å². The predicted octanol–water partition coefficient (Wildman–Crippen LogP) is 2.83. The minimum absolute atomic E-state index is 0.0533. The molecule has 0 radical (unpaired) electrons. The third-order valence-electron chi connectivity index (χ3n) is 1.56. The summed E-state index contributed by atoms with van der Waals surface area (Å²) in [6, 6.07) is 0.418. The monoisotopic (exact) mass is 244 g/mol. The highest BCUT2D eigenvalue weighted by Gasteiger charge is 2.43. The topological polar surface area (TPSA) is 27.7 Å². The lowest BCUT2D eigenvalue weighted by Crippen LogP contribution is -2.50. The van der Waals surface area contributed by atoms with Crippen molar-refractivity contribution in [3.05, 3.63) is 0 Å². The Morgan fingerprint density at radius 2 is 1.19 bits per heavy atom. The molecule has 0 rings (SSSR count). The summed E-state index contributed by atoms with van der Waals surface area (Å²) >= 11 is 0. The van der Waals surface area contributed by atoms with Gasteiger partial charge in [0.2, 0.25) is 0 Å². The number of rotatable bonds is 7. The molecule has 4 heteroatoms. The first-order chi connectivity index (χ1) is 7.31. The Balaban J connectivity index is 4.81. The van der Waals surface area contributed by atoms with Crippen molar-refractivity contribution < 1.29 is 13.3 Å². The fourth-order valence-electron chi connectivity index (χ4n) is 1.41. The highest BCUT2D eigenvalue weighted by atomic mass is 28.4. The van der Waals surface area contributed by atoms with E-state index in [-0.39, 0.29) is 18.3 Å². The Morgan fingerprint density at radius 1 is 0.875 bits per heavy atom. The van der Waals surface area contributed by atoms with Crippen molar-refractivity contribution in [3.8, 4) is 12.3 Å². The van der Waals surface area contributed by atoms with Crippen LogP contribution in [-0.4, -0.2) is 27.1 Å². The zero-order valence-electron chi connectivity index (χ0n) is 11.2. The quantitative estimate of drug-likeness (QED) is 0.509. The zero-order valence-corrected chi connectivity index (χ0v) is 12.2. The fourth-order valence-corrected chi connectivity index (χ4v) is 4.23. The van der Waals surface area contributed by atoms with Crippen LogP contribution >= 0.6 is 0 Å². The van der Waals surface area contributed by atoms with Gasteiger partial charge in [0.15, 0.2) is 0 Å². The fraction of sp³-hybridized carbons (Fsp3) is 0.833. The van der Waals surface area contributed by atoms with Crippen molar-refractivity contribution in [2.24, 2.45) is 0 Å². The van der Waals surface area contributed by atoms with Gasteiger partial charge in [-0.2, -0.15) is 0 Å². The molecule has 0 aromatic rings. The molecule has 0 saturated heterocycles. The Kier molecular flexibility index (Phi) is 6.92. The van der Waals surface area contributed by atoms with Crippen LogP contribution in [0, 0.1) is 12.3 Å². The first-order valence-corrected chi connectivity index (χ1v) is 7.71. The van der Waals surface area contributed by atoms with E-state index in [0.29, 0.717) is 6.04 Å². The third kappa shape index (κ3) is 6.29. The van der Waals surface area contributed by atoms with Crippen LogP contribution in [0.4, 0.5) is 0 Å². The third-order valence-corrected chi connectivity index (χ3v) is 4.69. The Morgan fingerprint density at radius 3 is 1.38 bits per heavy atom. The molecule has 0 amide bonds. The van der Waals surface area contributed by atoms with Gasteiger partial charge in [-0.3, -0.25) is 0 Å². The standard InChI is InChI=1S/C12H24O3Si/c1-8-9-16(13-10(2)3,14-11(4)5)15-12(6)7/h1,10-12H,9H2,2-7H3. The number of hydrogen-bond acceptors (Lipinski definition) is 3. The van der Waals surface area contributed by atoms with Gasteiger partial charge in [0, 0.05) is 18.3 Å². The van der Waals surface area contributed by atoms with E-state index in [1.165, 1.54) is 0 Å². The van der Waals surface area contributed by atoms with Crippen LogP contribution in [0.25, 0.3) is 0 Å². The lowest BCUT2D eigenvalue weighted by Gasteiger charge is -2.33. The van der Waals surface area contributed by atoms with E-state index < -0.39 is 8.80 Å². The maximum atomic E-state index is 5.85. The summed E-state index contributed by atoms with van der Waals surface area (Å²) in [5, 5.41) is 0. The molecule has 0 aromatic carbocycles. The maximum Gasteiger partial charge on any atom is 0.514 e. The molecule has 0 N–H and O–H groups in total. The van der Waals surface area contributed by atoms with E-state index in [0.717, 1.165) is 0 Å². The first-order valence-electron chi connectivity index (χ1n) is 5.78. The first kappa shape index (κ1) is 15.7. The van der Waals surface area contributed by atoms with Crippen LogP contribution in [0.15, 0.2) is 0 Å². The molecule has 94 valence electrons. The van der Waals surface area contributed by atoms with Crippen molar-refractivity contribution >= 4 is 8.80 Å². The summed E-state index contributed by atoms with van der Waals surface area (Å²) in [5.41, 5.74) is 0. The number of terminal acetylenes is 1. The van der Waals surface area contributed by atoms with Crippen LogP contribution in [0.1, 0.15) is 41.5 Å². The van der Waals surface area contributed by atoms with Crippen LogP contribution < -0.4 is 0 Å². The average molecular weight is 244 g/mol. The molecule has 16 heavy (non-hydrogen) atoms. The minimum atomic E-state index is -2.72. The maximum absolute atomic E-state index is 5.85. The van der Waals surface area contributed by atoms with Crippen LogP contribution in [0.3, 0.4) is 0 Å². The molecular weight excluding hydrogens is 220 g/mol. The van der Waals surface area contributed by atoms with E-state index in [2.05, 4.69) is 5.92 Å². The summed E-state index contributed by atoms with van der Waals surface area (Å²) < 4.78 is 17.6. The Labute approximate surface area is 101 Å². The molecule has 0 aliphatic heterocycles. The van der Waals surface area contributed by atoms with Gasteiger partial charge in [-0.1, -0.05) is 0 Å². The van der Waals surface area contributed by atoms with Crippen LogP contribution in [0.5, 0.6) is 0 Å². The van der Waals surface area contributed by atoms with Gasteiger partial charge in [0.05, 0.1) is 6.04 Å². The lowest BCUT2D eigenvalue weighted by molar-refractivity contribution is 0.00597. The normalized spacial score (nSPS) is 12.5. The summed E-state index contributed by atoms with van der Waals surface area (Å²) in [7, 11) is -2.72. The van der Waals surface area contributed by atoms with Gasteiger partial charge < -0.3 is 13.3 Å². The zero-order chi connectivity index (χ0) is 12.8. The van der Waals surface area contributed by atoms with Crippen molar-refractivity contribution in [1.82, 2.24) is 0 Å². The van der Waals surface area contributed by atoms with Gasteiger partial charge in [0.1, 0.15) is 0 Å². The molecule has 0 aromatic heterocycles. The van der Waals surface area contributed by atoms with E-state index >= 15 is 0 Å². The second kappa shape index (κ2) is 7.07. The smallest absolute Gasteiger partial charge is 0.370 e. The lowest BCUT2D eigenvalue weighted by atomic mass is 10.5. The van der Waals surface area contributed by atoms with Gasteiger partial charge in [-0.25, -0.2) is 0 Å². The summed E-state index contributed by atoms with van der Waals surface area (Å²) in [5.74, 6) is 2.61. The Hall–Kier alpha value is -0.343. The second-order valence-corrected chi connectivity index (χ2v) is 6.99. The summed E-state index contributed by atoms with van der Waals surface area (Å²) in [4.78, 5) is 0.